The van der Waals surface area contributed by atoms with Gasteiger partial charge >= 0.3 is 0 Å². The lowest BCUT2D eigenvalue weighted by Crippen LogP contribution is -2.27. The highest BCUT2D eigenvalue weighted by molar-refractivity contribution is 6.21. The number of hydrogen-bond acceptors (Lipinski definition) is 5. The van der Waals surface area contributed by atoms with Crippen LogP contribution in [0, 0.1) is 10.1 Å². The van der Waals surface area contributed by atoms with E-state index in [9.17, 15) is 19.7 Å². The van der Waals surface area contributed by atoms with Gasteiger partial charge in [-0.05, 0) is 36.6 Å². The van der Waals surface area contributed by atoms with Crippen molar-refractivity contribution in [3.63, 3.8) is 0 Å². The van der Waals surface area contributed by atoms with Crippen LogP contribution in [0.25, 0.3) is 0 Å². The number of carbonyl (C=O) groups is 2. The number of nitro groups is 1. The fourth-order valence-corrected chi connectivity index (χ4v) is 3.94. The molecular formula is C21H24N2O4. The van der Waals surface area contributed by atoms with Gasteiger partial charge in [0.2, 0.25) is 0 Å². The van der Waals surface area contributed by atoms with E-state index in [1.54, 1.807) is 18.2 Å². The first-order valence-electron chi connectivity index (χ1n) is 9.32. The number of benzene rings is 1. The van der Waals surface area contributed by atoms with E-state index in [1.807, 2.05) is 13.0 Å². The third kappa shape index (κ3) is 3.31. The predicted molar refractivity (Wildman–Crippen MR) is 104 cm³/mol. The number of nitro benzene ring substituents is 1. The van der Waals surface area contributed by atoms with Gasteiger partial charge in [0, 0.05) is 42.6 Å². The van der Waals surface area contributed by atoms with Crippen molar-refractivity contribution >= 4 is 22.9 Å². The van der Waals surface area contributed by atoms with Gasteiger partial charge in [-0.15, -0.1) is 0 Å². The van der Waals surface area contributed by atoms with Crippen molar-refractivity contribution in [1.29, 1.82) is 0 Å². The van der Waals surface area contributed by atoms with Crippen molar-refractivity contribution < 1.29 is 14.5 Å². The van der Waals surface area contributed by atoms with Gasteiger partial charge in [-0.3, -0.25) is 19.7 Å². The van der Waals surface area contributed by atoms with E-state index in [0.29, 0.717) is 25.8 Å². The van der Waals surface area contributed by atoms with E-state index < -0.39 is 0 Å². The third-order valence-corrected chi connectivity index (χ3v) is 5.35. The summed E-state index contributed by atoms with van der Waals surface area (Å²) in [7, 11) is 0. The summed E-state index contributed by atoms with van der Waals surface area (Å²) in [6.07, 6.45) is 5.80. The van der Waals surface area contributed by atoms with Gasteiger partial charge in [-0.2, -0.15) is 0 Å². The number of rotatable bonds is 4. The van der Waals surface area contributed by atoms with Crippen LogP contribution in [-0.2, 0) is 15.0 Å². The van der Waals surface area contributed by atoms with Crippen molar-refractivity contribution in [2.24, 2.45) is 0 Å². The van der Waals surface area contributed by atoms with Crippen LogP contribution in [0.5, 0.6) is 0 Å². The van der Waals surface area contributed by atoms with E-state index in [2.05, 4.69) is 18.7 Å². The Labute approximate surface area is 158 Å². The van der Waals surface area contributed by atoms with Crippen molar-refractivity contribution in [1.82, 2.24) is 0 Å². The molecule has 1 aromatic carbocycles. The first kappa shape index (κ1) is 19.0. The lowest BCUT2D eigenvalue weighted by Gasteiger charge is -2.26. The Balaban J connectivity index is 2.10. The SMILES string of the molecule is CCCN1/C(=C/C=C2C(=O)CCCC2=O)C(C)(C)c2ccc([N+](=O)[O-])cc21. The molecule has 1 fully saturated rings. The molecule has 0 spiro atoms. The zero-order valence-electron chi connectivity index (χ0n) is 15.9. The second-order valence-electron chi connectivity index (χ2n) is 7.57. The Morgan fingerprint density at radius 2 is 1.85 bits per heavy atom. The molecule has 0 atom stereocenters. The molecule has 1 aliphatic carbocycles. The predicted octanol–water partition coefficient (Wildman–Crippen LogP) is 4.23. The Morgan fingerprint density at radius 3 is 2.44 bits per heavy atom. The van der Waals surface area contributed by atoms with Gasteiger partial charge in [0.25, 0.3) is 5.69 Å². The summed E-state index contributed by atoms with van der Waals surface area (Å²) < 4.78 is 0. The molecule has 1 saturated carbocycles. The molecule has 0 saturated heterocycles. The molecule has 0 unspecified atom stereocenters. The molecular weight excluding hydrogens is 344 g/mol. The number of fused-ring (bicyclic) bond motifs is 1. The highest BCUT2D eigenvalue weighted by atomic mass is 16.6. The minimum absolute atomic E-state index is 0.0582. The lowest BCUT2D eigenvalue weighted by molar-refractivity contribution is -0.384. The smallest absolute Gasteiger partial charge is 0.271 e. The minimum atomic E-state index is -0.388. The lowest BCUT2D eigenvalue weighted by atomic mass is 9.83. The summed E-state index contributed by atoms with van der Waals surface area (Å²) >= 11 is 0. The van der Waals surface area contributed by atoms with Crippen molar-refractivity contribution in [2.45, 2.75) is 51.9 Å². The number of ketones is 2. The van der Waals surface area contributed by atoms with Crippen LogP contribution in [0.4, 0.5) is 11.4 Å². The van der Waals surface area contributed by atoms with E-state index in [4.69, 9.17) is 0 Å². The van der Waals surface area contributed by atoms with Crippen LogP contribution < -0.4 is 4.90 Å². The molecule has 3 rings (SSSR count). The second-order valence-corrected chi connectivity index (χ2v) is 7.57. The summed E-state index contributed by atoms with van der Waals surface area (Å²) in [5.41, 5.74) is 2.72. The molecule has 0 amide bonds. The number of carbonyl (C=O) groups excluding carboxylic acids is 2. The summed E-state index contributed by atoms with van der Waals surface area (Å²) in [4.78, 5) is 37.1. The topological polar surface area (TPSA) is 80.5 Å². The van der Waals surface area contributed by atoms with Crippen LogP contribution in [0.15, 0.2) is 41.6 Å². The Morgan fingerprint density at radius 1 is 1.19 bits per heavy atom. The van der Waals surface area contributed by atoms with Gasteiger partial charge in [-0.25, -0.2) is 0 Å². The molecule has 0 bridgehead atoms. The van der Waals surface area contributed by atoms with Crippen LogP contribution >= 0.6 is 0 Å². The molecule has 0 N–H and O–H groups in total. The van der Waals surface area contributed by atoms with Crippen LogP contribution in [0.2, 0.25) is 0 Å². The maximum absolute atomic E-state index is 12.1. The summed E-state index contributed by atoms with van der Waals surface area (Å²) in [6.45, 7) is 6.87. The van der Waals surface area contributed by atoms with Gasteiger partial charge in [0.15, 0.2) is 11.6 Å². The van der Waals surface area contributed by atoms with Crippen molar-refractivity contribution in [3.8, 4) is 0 Å². The number of anilines is 1. The molecule has 6 nitrogen and oxygen atoms in total. The fourth-order valence-electron chi connectivity index (χ4n) is 3.94. The Kier molecular flexibility index (Phi) is 5.00. The monoisotopic (exact) mass is 368 g/mol. The average Bonchev–Trinajstić information content (AvgIpc) is 2.82. The first-order valence-corrected chi connectivity index (χ1v) is 9.32. The zero-order valence-corrected chi connectivity index (χ0v) is 15.9. The Hall–Kier alpha value is -2.76. The molecule has 142 valence electrons. The van der Waals surface area contributed by atoms with Crippen LogP contribution in [0.1, 0.15) is 52.0 Å². The number of non-ortho nitro benzene ring substituents is 1. The molecule has 27 heavy (non-hydrogen) atoms. The third-order valence-electron chi connectivity index (χ3n) is 5.35. The number of Topliss-reactive ketones (excluding diaryl/α,β-unsaturated/α-hetero) is 2. The average molecular weight is 368 g/mol. The number of nitrogens with zero attached hydrogens (tertiary/aromatic N) is 2. The normalized spacial score (nSPS) is 20.2. The minimum Gasteiger partial charge on any atom is -0.344 e. The largest absolute Gasteiger partial charge is 0.344 e. The molecule has 1 aromatic rings. The van der Waals surface area contributed by atoms with Gasteiger partial charge in [-0.1, -0.05) is 20.8 Å². The van der Waals surface area contributed by atoms with E-state index in [-0.39, 0.29) is 33.2 Å². The van der Waals surface area contributed by atoms with Crippen molar-refractivity contribution in [2.75, 3.05) is 11.4 Å². The molecule has 6 heteroatoms. The number of allylic oxidation sites excluding steroid dienone is 4. The van der Waals surface area contributed by atoms with Gasteiger partial charge in [0.1, 0.15) is 0 Å². The molecule has 2 aliphatic rings. The van der Waals surface area contributed by atoms with Crippen molar-refractivity contribution in [3.05, 3.63) is 57.3 Å². The molecule has 1 aliphatic heterocycles. The fraction of sp³-hybridized carbons (Fsp3) is 0.429. The second kappa shape index (κ2) is 7.10. The van der Waals surface area contributed by atoms with E-state index >= 15 is 0 Å². The number of hydrogen-bond donors (Lipinski definition) is 0. The Bertz CT molecular complexity index is 862. The van der Waals surface area contributed by atoms with E-state index in [0.717, 1.165) is 23.4 Å². The first-order chi connectivity index (χ1) is 12.8. The maximum atomic E-state index is 12.1. The van der Waals surface area contributed by atoms with Gasteiger partial charge in [0.05, 0.1) is 16.2 Å². The molecule has 1 heterocycles. The summed E-state index contributed by atoms with van der Waals surface area (Å²) in [5.74, 6) is -0.205. The molecule has 0 aromatic heterocycles. The van der Waals surface area contributed by atoms with E-state index in [1.165, 1.54) is 6.07 Å². The van der Waals surface area contributed by atoms with Crippen LogP contribution in [0.3, 0.4) is 0 Å². The highest BCUT2D eigenvalue weighted by Crippen LogP contribution is 2.48. The van der Waals surface area contributed by atoms with Crippen LogP contribution in [-0.4, -0.2) is 23.0 Å². The van der Waals surface area contributed by atoms with Gasteiger partial charge < -0.3 is 4.90 Å². The molecule has 0 radical (unpaired) electrons. The summed E-state index contributed by atoms with van der Waals surface area (Å²) in [6, 6.07) is 4.94. The maximum Gasteiger partial charge on any atom is 0.271 e. The highest BCUT2D eigenvalue weighted by Gasteiger charge is 2.40. The standard InChI is InChI=1S/C21H24N2O4/c1-4-12-22-17-13-14(23(26)27)8-10-16(17)21(2,3)20(22)11-9-15-18(24)6-5-7-19(15)25/h8-11,13H,4-7,12H2,1-3H3/b20-11+. The zero-order chi connectivity index (χ0) is 19.8. The summed E-state index contributed by atoms with van der Waals surface area (Å²) in [5, 5.41) is 11.2. The quantitative estimate of drug-likeness (QED) is 0.344.